The highest BCUT2D eigenvalue weighted by atomic mass is 127. The lowest BCUT2D eigenvalue weighted by Crippen LogP contribution is -2.40. The number of halogens is 1. The van der Waals surface area contributed by atoms with Crippen molar-refractivity contribution < 1.29 is 9.53 Å². The number of carbonyl (C=O) groups is 1. The Balaban J connectivity index is 0.00000225. The van der Waals surface area contributed by atoms with Crippen molar-refractivity contribution in [3.05, 3.63) is 29.8 Å². The van der Waals surface area contributed by atoms with E-state index in [4.69, 9.17) is 4.74 Å². The number of nitrogens with one attached hydrogen (secondary N) is 2. The molecule has 1 saturated heterocycles. The maximum Gasteiger partial charge on any atom is 0.227 e. The topological polar surface area (TPSA) is 66.0 Å². The molecule has 0 spiro atoms. The van der Waals surface area contributed by atoms with Crippen LogP contribution in [-0.4, -0.2) is 44.7 Å². The van der Waals surface area contributed by atoms with Gasteiger partial charge in [-0.15, -0.1) is 24.0 Å². The Morgan fingerprint density at radius 2 is 2.08 bits per heavy atom. The van der Waals surface area contributed by atoms with Gasteiger partial charge in [-0.2, -0.15) is 0 Å². The number of rotatable bonds is 7. The molecule has 0 bridgehead atoms. The summed E-state index contributed by atoms with van der Waals surface area (Å²) in [5.74, 6) is 1.06. The van der Waals surface area contributed by atoms with Gasteiger partial charge in [0.25, 0.3) is 0 Å². The van der Waals surface area contributed by atoms with E-state index in [0.29, 0.717) is 25.6 Å². The van der Waals surface area contributed by atoms with Crippen LogP contribution in [0, 0.1) is 0 Å². The lowest BCUT2D eigenvalue weighted by atomic mass is 10.2. The van der Waals surface area contributed by atoms with Crippen LogP contribution in [0.4, 0.5) is 5.69 Å². The Morgan fingerprint density at radius 3 is 2.68 bits per heavy atom. The minimum absolute atomic E-state index is 0. The first kappa shape index (κ1) is 20.0. The fraction of sp³-hybridized carbons (Fsp3) is 0.556. The third-order valence-electron chi connectivity index (χ3n) is 4.26. The third kappa shape index (κ3) is 6.14. The molecule has 2 fully saturated rings. The van der Waals surface area contributed by atoms with Crippen LogP contribution in [-0.2, 0) is 16.1 Å². The van der Waals surface area contributed by atoms with Gasteiger partial charge in [-0.25, -0.2) is 4.99 Å². The molecule has 3 rings (SSSR count). The number of anilines is 1. The summed E-state index contributed by atoms with van der Waals surface area (Å²) in [4.78, 5) is 18.3. The van der Waals surface area contributed by atoms with Crippen molar-refractivity contribution in [2.75, 3.05) is 31.7 Å². The number of ether oxygens (including phenoxy) is 1. The molecular weight excluding hydrogens is 431 g/mol. The lowest BCUT2D eigenvalue weighted by Gasteiger charge is -2.16. The Hall–Kier alpha value is -1.35. The molecule has 0 atom stereocenters. The van der Waals surface area contributed by atoms with E-state index in [9.17, 15) is 4.79 Å². The molecule has 1 amide bonds. The lowest BCUT2D eigenvalue weighted by molar-refractivity contribution is -0.117. The molecule has 2 N–H and O–H groups in total. The van der Waals surface area contributed by atoms with E-state index in [-0.39, 0.29) is 29.9 Å². The second-order valence-electron chi connectivity index (χ2n) is 6.32. The minimum atomic E-state index is 0. The second-order valence-corrected chi connectivity index (χ2v) is 6.32. The van der Waals surface area contributed by atoms with Gasteiger partial charge in [-0.1, -0.05) is 12.1 Å². The van der Waals surface area contributed by atoms with Crippen molar-refractivity contribution in [2.24, 2.45) is 4.99 Å². The summed E-state index contributed by atoms with van der Waals surface area (Å²) in [7, 11) is 1.69. The normalized spacial score (nSPS) is 17.4. The van der Waals surface area contributed by atoms with E-state index >= 15 is 0 Å². The van der Waals surface area contributed by atoms with Gasteiger partial charge < -0.3 is 20.3 Å². The summed E-state index contributed by atoms with van der Waals surface area (Å²) >= 11 is 0. The third-order valence-corrected chi connectivity index (χ3v) is 4.26. The molecule has 1 heterocycles. The van der Waals surface area contributed by atoms with Gasteiger partial charge >= 0.3 is 0 Å². The van der Waals surface area contributed by atoms with Crippen LogP contribution >= 0.6 is 24.0 Å². The molecule has 1 saturated carbocycles. The summed E-state index contributed by atoms with van der Waals surface area (Å²) in [6.07, 6.45) is 4.04. The smallest absolute Gasteiger partial charge is 0.227 e. The van der Waals surface area contributed by atoms with Crippen molar-refractivity contribution in [3.8, 4) is 0 Å². The highest BCUT2D eigenvalue weighted by Gasteiger charge is 2.22. The zero-order valence-corrected chi connectivity index (χ0v) is 17.0. The van der Waals surface area contributed by atoms with Crippen molar-refractivity contribution in [1.29, 1.82) is 0 Å². The number of hydrogen-bond donors (Lipinski definition) is 2. The average Bonchev–Trinajstić information content (AvgIpc) is 3.31. The molecular formula is C18H27IN4O2. The fourth-order valence-corrected chi connectivity index (χ4v) is 2.72. The quantitative estimate of drug-likeness (QED) is 0.285. The SMILES string of the molecule is COCCNC(=NCc1ccc(N2CCCC2=O)cc1)NC1CC1.I. The predicted octanol–water partition coefficient (Wildman–Crippen LogP) is 2.28. The molecule has 0 radical (unpaired) electrons. The van der Waals surface area contributed by atoms with Gasteiger partial charge in [0.15, 0.2) is 5.96 Å². The number of guanidine groups is 1. The molecule has 138 valence electrons. The highest BCUT2D eigenvalue weighted by Crippen LogP contribution is 2.22. The molecule has 1 aliphatic heterocycles. The van der Waals surface area contributed by atoms with Gasteiger partial charge in [0.05, 0.1) is 13.2 Å². The number of amides is 1. The van der Waals surface area contributed by atoms with Crippen molar-refractivity contribution in [3.63, 3.8) is 0 Å². The predicted molar refractivity (Wildman–Crippen MR) is 111 cm³/mol. The maximum atomic E-state index is 11.8. The Morgan fingerprint density at radius 1 is 1.32 bits per heavy atom. The minimum Gasteiger partial charge on any atom is -0.383 e. The van der Waals surface area contributed by atoms with Crippen molar-refractivity contribution >= 4 is 41.5 Å². The summed E-state index contributed by atoms with van der Waals surface area (Å²) in [5, 5.41) is 6.70. The van der Waals surface area contributed by atoms with Crippen LogP contribution in [0.3, 0.4) is 0 Å². The van der Waals surface area contributed by atoms with Crippen molar-refractivity contribution in [2.45, 2.75) is 38.3 Å². The van der Waals surface area contributed by atoms with Gasteiger partial charge in [-0.05, 0) is 37.0 Å². The van der Waals surface area contributed by atoms with Gasteiger partial charge in [0.2, 0.25) is 5.91 Å². The van der Waals surface area contributed by atoms with Crippen LogP contribution < -0.4 is 15.5 Å². The van der Waals surface area contributed by atoms with Gasteiger partial charge in [0, 0.05) is 38.3 Å². The van der Waals surface area contributed by atoms with Gasteiger partial charge in [-0.3, -0.25) is 4.79 Å². The highest BCUT2D eigenvalue weighted by molar-refractivity contribution is 14.0. The summed E-state index contributed by atoms with van der Waals surface area (Å²) in [6, 6.07) is 8.69. The summed E-state index contributed by atoms with van der Waals surface area (Å²) in [6.45, 7) is 2.84. The van der Waals surface area contributed by atoms with E-state index in [0.717, 1.165) is 36.7 Å². The Labute approximate surface area is 166 Å². The average molecular weight is 458 g/mol. The van der Waals surface area contributed by atoms with E-state index in [1.807, 2.05) is 29.2 Å². The van der Waals surface area contributed by atoms with E-state index in [1.165, 1.54) is 12.8 Å². The zero-order chi connectivity index (χ0) is 16.8. The fourth-order valence-electron chi connectivity index (χ4n) is 2.72. The van der Waals surface area contributed by atoms with Crippen LogP contribution in [0.1, 0.15) is 31.2 Å². The number of hydrogen-bond acceptors (Lipinski definition) is 3. The molecule has 1 aromatic carbocycles. The molecule has 1 aliphatic carbocycles. The monoisotopic (exact) mass is 458 g/mol. The van der Waals surface area contributed by atoms with Crippen LogP contribution in [0.15, 0.2) is 29.3 Å². The first-order valence-electron chi connectivity index (χ1n) is 8.69. The number of carbonyl (C=O) groups excluding carboxylic acids is 1. The number of nitrogens with zero attached hydrogens (tertiary/aromatic N) is 2. The van der Waals surface area contributed by atoms with Crippen molar-refractivity contribution in [1.82, 2.24) is 10.6 Å². The van der Waals surface area contributed by atoms with Crippen LogP contribution in [0.5, 0.6) is 0 Å². The first-order valence-corrected chi connectivity index (χ1v) is 8.69. The van der Waals surface area contributed by atoms with Crippen LogP contribution in [0.25, 0.3) is 0 Å². The number of aliphatic imine (C=N–C) groups is 1. The number of benzene rings is 1. The molecule has 0 unspecified atom stereocenters. The second kappa shape index (κ2) is 9.96. The van der Waals surface area contributed by atoms with E-state index in [1.54, 1.807) is 7.11 Å². The molecule has 2 aliphatic rings. The molecule has 25 heavy (non-hydrogen) atoms. The summed E-state index contributed by atoms with van der Waals surface area (Å²) < 4.78 is 5.07. The van der Waals surface area contributed by atoms with E-state index in [2.05, 4.69) is 15.6 Å². The Kier molecular flexibility index (Phi) is 7.95. The standard InChI is InChI=1S/C18H26N4O2.HI/c1-24-12-10-19-18(21-15-6-7-15)20-13-14-4-8-16(9-5-14)22-11-2-3-17(22)23;/h4-5,8-9,15H,2-3,6-7,10-13H2,1H3,(H2,19,20,21);1H. The molecule has 1 aromatic rings. The van der Waals surface area contributed by atoms with Crippen LogP contribution in [0.2, 0.25) is 0 Å². The first-order chi connectivity index (χ1) is 11.8. The molecule has 6 nitrogen and oxygen atoms in total. The molecule has 0 aromatic heterocycles. The largest absolute Gasteiger partial charge is 0.383 e. The maximum absolute atomic E-state index is 11.8. The number of methoxy groups -OCH3 is 1. The zero-order valence-electron chi connectivity index (χ0n) is 14.7. The Bertz CT molecular complexity index is 587. The van der Waals surface area contributed by atoms with E-state index < -0.39 is 0 Å². The van der Waals surface area contributed by atoms with Gasteiger partial charge in [0.1, 0.15) is 0 Å². The molecule has 7 heteroatoms. The summed E-state index contributed by atoms with van der Waals surface area (Å²) in [5.41, 5.74) is 2.12.